The van der Waals surface area contributed by atoms with Gasteiger partial charge in [-0.25, -0.2) is 0 Å². The molecule has 0 bridgehead atoms. The van der Waals surface area contributed by atoms with Crippen molar-refractivity contribution in [3.8, 4) is 0 Å². The molecule has 3 nitrogen and oxygen atoms in total. The van der Waals surface area contributed by atoms with Crippen LogP contribution in [0.2, 0.25) is 0 Å². The summed E-state index contributed by atoms with van der Waals surface area (Å²) in [6.45, 7) is 7.24. The molecule has 1 atom stereocenters. The van der Waals surface area contributed by atoms with E-state index in [1.165, 1.54) is 0 Å². The van der Waals surface area contributed by atoms with E-state index in [1.807, 2.05) is 31.2 Å². The Morgan fingerprint density at radius 3 is 2.78 bits per heavy atom. The highest BCUT2D eigenvalue weighted by molar-refractivity contribution is 5.96. The van der Waals surface area contributed by atoms with E-state index in [4.69, 9.17) is 0 Å². The molecule has 1 aliphatic heterocycles. The van der Waals surface area contributed by atoms with Crippen molar-refractivity contribution in [3.63, 3.8) is 0 Å². The monoisotopic (exact) mass is 246 g/mol. The van der Waals surface area contributed by atoms with Gasteiger partial charge in [-0.1, -0.05) is 32.0 Å². The van der Waals surface area contributed by atoms with E-state index in [0.717, 1.165) is 30.6 Å². The van der Waals surface area contributed by atoms with Crippen molar-refractivity contribution in [2.45, 2.75) is 39.7 Å². The lowest BCUT2D eigenvalue weighted by Crippen LogP contribution is -2.53. The summed E-state index contributed by atoms with van der Waals surface area (Å²) in [5.41, 5.74) is 2.02. The Bertz CT molecular complexity index is 440. The van der Waals surface area contributed by atoms with Gasteiger partial charge in [0.25, 0.3) is 0 Å². The minimum absolute atomic E-state index is 0.0189. The van der Waals surface area contributed by atoms with Gasteiger partial charge < -0.3 is 10.6 Å². The first-order valence-electron chi connectivity index (χ1n) is 6.60. The fourth-order valence-corrected chi connectivity index (χ4v) is 2.58. The summed E-state index contributed by atoms with van der Waals surface area (Å²) in [5.74, 6) is 0.0778. The summed E-state index contributed by atoms with van der Waals surface area (Å²) >= 11 is 0. The Labute approximate surface area is 109 Å². The second-order valence-corrected chi connectivity index (χ2v) is 5.78. The molecule has 0 aromatic heterocycles. The van der Waals surface area contributed by atoms with E-state index in [0.29, 0.717) is 0 Å². The number of amides is 1. The molecule has 1 unspecified atom stereocenters. The molecule has 0 saturated carbocycles. The highest BCUT2D eigenvalue weighted by atomic mass is 16.2. The van der Waals surface area contributed by atoms with Gasteiger partial charge >= 0.3 is 0 Å². The molecule has 98 valence electrons. The SMILES string of the molecule is Cc1ccccc1NC(=O)C1NCCCC1(C)C. The highest BCUT2D eigenvalue weighted by Crippen LogP contribution is 2.30. The molecule has 1 aromatic carbocycles. The zero-order valence-corrected chi connectivity index (χ0v) is 11.4. The van der Waals surface area contributed by atoms with Crippen LogP contribution in [-0.4, -0.2) is 18.5 Å². The van der Waals surface area contributed by atoms with Gasteiger partial charge in [0.05, 0.1) is 6.04 Å². The van der Waals surface area contributed by atoms with Crippen molar-refractivity contribution in [3.05, 3.63) is 29.8 Å². The molecular formula is C15H22N2O. The van der Waals surface area contributed by atoms with Gasteiger partial charge in [-0.3, -0.25) is 4.79 Å². The van der Waals surface area contributed by atoms with Gasteiger partial charge in [0.2, 0.25) is 5.91 Å². The summed E-state index contributed by atoms with van der Waals surface area (Å²) in [7, 11) is 0. The van der Waals surface area contributed by atoms with Crippen molar-refractivity contribution in [1.82, 2.24) is 5.32 Å². The zero-order valence-electron chi connectivity index (χ0n) is 11.4. The average molecular weight is 246 g/mol. The van der Waals surface area contributed by atoms with Crippen molar-refractivity contribution >= 4 is 11.6 Å². The van der Waals surface area contributed by atoms with Gasteiger partial charge in [-0.15, -0.1) is 0 Å². The minimum atomic E-state index is -0.106. The van der Waals surface area contributed by atoms with E-state index in [1.54, 1.807) is 0 Å². The second-order valence-electron chi connectivity index (χ2n) is 5.78. The molecule has 0 radical (unpaired) electrons. The Morgan fingerprint density at radius 1 is 1.39 bits per heavy atom. The number of rotatable bonds is 2. The first-order valence-corrected chi connectivity index (χ1v) is 6.60. The van der Waals surface area contributed by atoms with E-state index in [9.17, 15) is 4.79 Å². The maximum Gasteiger partial charge on any atom is 0.242 e. The third kappa shape index (κ3) is 2.72. The third-order valence-electron chi connectivity index (χ3n) is 3.79. The van der Waals surface area contributed by atoms with E-state index >= 15 is 0 Å². The normalized spacial score (nSPS) is 22.5. The maximum atomic E-state index is 12.4. The molecule has 1 heterocycles. The molecular weight excluding hydrogens is 224 g/mol. The van der Waals surface area contributed by atoms with Crippen LogP contribution in [0, 0.1) is 12.3 Å². The van der Waals surface area contributed by atoms with Crippen LogP contribution < -0.4 is 10.6 Å². The summed E-state index contributed by atoms with van der Waals surface area (Å²) in [6, 6.07) is 7.78. The number of benzene rings is 1. The van der Waals surface area contributed by atoms with E-state index in [2.05, 4.69) is 24.5 Å². The first kappa shape index (κ1) is 13.1. The van der Waals surface area contributed by atoms with Crippen LogP contribution >= 0.6 is 0 Å². The molecule has 1 aromatic rings. The van der Waals surface area contributed by atoms with Gasteiger partial charge in [-0.05, 0) is 43.4 Å². The molecule has 2 N–H and O–H groups in total. The number of para-hydroxylation sites is 1. The Balaban J connectivity index is 2.10. The van der Waals surface area contributed by atoms with Crippen LogP contribution in [0.1, 0.15) is 32.3 Å². The Kier molecular flexibility index (Phi) is 3.71. The van der Waals surface area contributed by atoms with Crippen LogP contribution in [0.4, 0.5) is 5.69 Å². The summed E-state index contributed by atoms with van der Waals surface area (Å²) in [6.07, 6.45) is 2.23. The number of piperidine rings is 1. The lowest BCUT2D eigenvalue weighted by molar-refractivity contribution is -0.121. The largest absolute Gasteiger partial charge is 0.324 e. The van der Waals surface area contributed by atoms with Crippen molar-refractivity contribution in [2.75, 3.05) is 11.9 Å². The van der Waals surface area contributed by atoms with Gasteiger partial charge in [0, 0.05) is 5.69 Å². The fourth-order valence-electron chi connectivity index (χ4n) is 2.58. The minimum Gasteiger partial charge on any atom is -0.324 e. The first-order chi connectivity index (χ1) is 8.50. The number of anilines is 1. The second kappa shape index (κ2) is 5.11. The number of carbonyl (C=O) groups excluding carboxylic acids is 1. The number of carbonyl (C=O) groups is 1. The number of hydrogen-bond acceptors (Lipinski definition) is 2. The predicted octanol–water partition coefficient (Wildman–Crippen LogP) is 2.71. The molecule has 1 saturated heterocycles. The molecule has 0 aliphatic carbocycles. The Hall–Kier alpha value is -1.35. The highest BCUT2D eigenvalue weighted by Gasteiger charge is 2.37. The molecule has 3 heteroatoms. The molecule has 1 amide bonds. The van der Waals surface area contributed by atoms with Crippen molar-refractivity contribution in [1.29, 1.82) is 0 Å². The summed E-state index contributed by atoms with van der Waals surface area (Å²) in [4.78, 5) is 12.4. The quantitative estimate of drug-likeness (QED) is 0.842. The lowest BCUT2D eigenvalue weighted by atomic mass is 9.77. The smallest absolute Gasteiger partial charge is 0.242 e. The number of hydrogen-bond donors (Lipinski definition) is 2. The standard InChI is InChI=1S/C15H22N2O/c1-11-7-4-5-8-12(11)17-14(18)13-15(2,3)9-6-10-16-13/h4-5,7-8,13,16H,6,9-10H2,1-3H3,(H,17,18). The lowest BCUT2D eigenvalue weighted by Gasteiger charge is -2.38. The molecule has 1 aliphatic rings. The van der Waals surface area contributed by atoms with Crippen LogP contribution in [0.3, 0.4) is 0 Å². The summed E-state index contributed by atoms with van der Waals surface area (Å²) < 4.78 is 0. The number of aryl methyl sites for hydroxylation is 1. The van der Waals surface area contributed by atoms with Gasteiger partial charge in [0.15, 0.2) is 0 Å². The molecule has 2 rings (SSSR count). The Morgan fingerprint density at radius 2 is 2.11 bits per heavy atom. The molecule has 18 heavy (non-hydrogen) atoms. The fraction of sp³-hybridized carbons (Fsp3) is 0.533. The zero-order chi connectivity index (χ0) is 13.2. The van der Waals surface area contributed by atoms with Crippen LogP contribution in [0.25, 0.3) is 0 Å². The van der Waals surface area contributed by atoms with E-state index < -0.39 is 0 Å². The van der Waals surface area contributed by atoms with E-state index in [-0.39, 0.29) is 17.4 Å². The van der Waals surface area contributed by atoms with Crippen LogP contribution in [0.5, 0.6) is 0 Å². The summed E-state index contributed by atoms with van der Waals surface area (Å²) in [5, 5.41) is 6.37. The van der Waals surface area contributed by atoms with Crippen LogP contribution in [0.15, 0.2) is 24.3 Å². The van der Waals surface area contributed by atoms with Crippen molar-refractivity contribution < 1.29 is 4.79 Å². The molecule has 1 fully saturated rings. The van der Waals surface area contributed by atoms with Gasteiger partial charge in [0.1, 0.15) is 0 Å². The number of nitrogens with one attached hydrogen (secondary N) is 2. The van der Waals surface area contributed by atoms with Crippen LogP contribution in [-0.2, 0) is 4.79 Å². The predicted molar refractivity (Wildman–Crippen MR) is 74.6 cm³/mol. The maximum absolute atomic E-state index is 12.4. The topological polar surface area (TPSA) is 41.1 Å². The van der Waals surface area contributed by atoms with Gasteiger partial charge in [-0.2, -0.15) is 0 Å². The molecule has 0 spiro atoms. The van der Waals surface area contributed by atoms with Crippen molar-refractivity contribution in [2.24, 2.45) is 5.41 Å². The third-order valence-corrected chi connectivity index (χ3v) is 3.79. The average Bonchev–Trinajstić information content (AvgIpc) is 2.31.